The maximum absolute atomic E-state index is 13.7. The maximum atomic E-state index is 13.7. The minimum atomic E-state index is -0.535. The minimum absolute atomic E-state index is 0.0543. The maximum Gasteiger partial charge on any atom is 0.254 e. The summed E-state index contributed by atoms with van der Waals surface area (Å²) < 4.78 is 13.7. The molecule has 0 aliphatic carbocycles. The third-order valence-corrected chi connectivity index (χ3v) is 4.41. The molecule has 0 saturated carbocycles. The summed E-state index contributed by atoms with van der Waals surface area (Å²) in [4.78, 5) is 25.9. The van der Waals surface area contributed by atoms with Gasteiger partial charge in [-0.05, 0) is 44.0 Å². The van der Waals surface area contributed by atoms with Gasteiger partial charge in [-0.2, -0.15) is 0 Å². The number of hydrogen-bond acceptors (Lipinski definition) is 3. The first-order valence-corrected chi connectivity index (χ1v) is 7.67. The topological polar surface area (TPSA) is 61.4 Å². The highest BCUT2D eigenvalue weighted by Crippen LogP contribution is 2.30. The summed E-state index contributed by atoms with van der Waals surface area (Å²) in [6, 6.07) is 4.60. The lowest BCUT2D eigenvalue weighted by Crippen LogP contribution is -2.42. The number of carbonyl (C=O) groups is 2. The number of fused-ring (bicyclic) bond motifs is 2. The van der Waals surface area contributed by atoms with E-state index in [0.29, 0.717) is 5.56 Å². The van der Waals surface area contributed by atoms with E-state index in [9.17, 15) is 14.0 Å². The Balaban J connectivity index is 1.87. The molecule has 0 radical (unpaired) electrons. The number of carbonyl (C=O) groups excluding carboxylic acids is 2. The van der Waals surface area contributed by atoms with Crippen molar-refractivity contribution >= 4 is 17.5 Å². The third kappa shape index (κ3) is 2.83. The number of nitrogens with zero attached hydrogens (tertiary/aromatic N) is 1. The first kappa shape index (κ1) is 15.0. The summed E-state index contributed by atoms with van der Waals surface area (Å²) in [7, 11) is 0. The van der Waals surface area contributed by atoms with E-state index >= 15 is 0 Å². The van der Waals surface area contributed by atoms with Crippen LogP contribution in [0.15, 0.2) is 18.2 Å². The van der Waals surface area contributed by atoms with Gasteiger partial charge in [0.1, 0.15) is 5.82 Å². The second-order valence-corrected chi connectivity index (χ2v) is 5.97. The van der Waals surface area contributed by atoms with Crippen molar-refractivity contribution < 1.29 is 14.0 Å². The summed E-state index contributed by atoms with van der Waals surface area (Å²) in [5.41, 5.74) is 0.475. The number of amides is 2. The minimum Gasteiger partial charge on any atom is -0.331 e. The SMILES string of the molecule is CC(=O)Nc1cc(C(=O)N2C3CCNCC2CC3)ccc1F. The van der Waals surface area contributed by atoms with E-state index < -0.39 is 5.82 Å². The van der Waals surface area contributed by atoms with Crippen LogP contribution >= 0.6 is 0 Å². The Morgan fingerprint density at radius 2 is 2.05 bits per heavy atom. The van der Waals surface area contributed by atoms with Crippen LogP contribution < -0.4 is 10.6 Å². The van der Waals surface area contributed by atoms with Gasteiger partial charge in [0.25, 0.3) is 5.91 Å². The van der Waals surface area contributed by atoms with Crippen molar-refractivity contribution in [3.05, 3.63) is 29.6 Å². The lowest BCUT2D eigenvalue weighted by molar-refractivity contribution is -0.114. The Bertz CT molecular complexity index is 591. The lowest BCUT2D eigenvalue weighted by atomic mass is 10.1. The van der Waals surface area contributed by atoms with Crippen LogP contribution in [0.1, 0.15) is 36.5 Å². The van der Waals surface area contributed by atoms with Crippen LogP contribution in [0.3, 0.4) is 0 Å². The predicted octanol–water partition coefficient (Wildman–Crippen LogP) is 1.75. The number of anilines is 1. The van der Waals surface area contributed by atoms with Gasteiger partial charge in [-0.1, -0.05) is 0 Å². The van der Waals surface area contributed by atoms with E-state index in [4.69, 9.17) is 0 Å². The summed E-state index contributed by atoms with van der Waals surface area (Å²) in [5.74, 6) is -0.974. The highest BCUT2D eigenvalue weighted by molar-refractivity contribution is 5.97. The predicted molar refractivity (Wildman–Crippen MR) is 81.2 cm³/mol. The van der Waals surface area contributed by atoms with Crippen molar-refractivity contribution in [1.29, 1.82) is 0 Å². The van der Waals surface area contributed by atoms with Gasteiger partial charge in [0.2, 0.25) is 5.91 Å². The first-order valence-electron chi connectivity index (χ1n) is 7.67. The molecule has 2 saturated heterocycles. The molecule has 2 unspecified atom stereocenters. The molecule has 5 nitrogen and oxygen atoms in total. The highest BCUT2D eigenvalue weighted by Gasteiger charge is 2.38. The van der Waals surface area contributed by atoms with Crippen LogP contribution in [-0.2, 0) is 4.79 Å². The fraction of sp³-hybridized carbons (Fsp3) is 0.500. The molecule has 1 aromatic rings. The third-order valence-electron chi connectivity index (χ3n) is 4.41. The van der Waals surface area contributed by atoms with Gasteiger partial charge < -0.3 is 15.5 Å². The van der Waals surface area contributed by atoms with Crippen molar-refractivity contribution in [2.75, 3.05) is 18.4 Å². The van der Waals surface area contributed by atoms with Crippen LogP contribution in [0.4, 0.5) is 10.1 Å². The smallest absolute Gasteiger partial charge is 0.254 e. The van der Waals surface area contributed by atoms with E-state index in [-0.39, 0.29) is 29.6 Å². The molecular formula is C16H20FN3O2. The normalized spacial score (nSPS) is 24.0. The van der Waals surface area contributed by atoms with Gasteiger partial charge in [-0.3, -0.25) is 9.59 Å². The van der Waals surface area contributed by atoms with Crippen molar-refractivity contribution in [2.45, 2.75) is 38.3 Å². The molecule has 2 atom stereocenters. The van der Waals surface area contributed by atoms with Crippen LogP contribution in [-0.4, -0.2) is 41.9 Å². The molecule has 1 aromatic carbocycles. The molecule has 2 N–H and O–H groups in total. The fourth-order valence-electron chi connectivity index (χ4n) is 3.41. The number of halogens is 1. The molecule has 2 fully saturated rings. The molecule has 3 rings (SSSR count). The second kappa shape index (κ2) is 6.04. The number of hydrogen-bond donors (Lipinski definition) is 2. The fourth-order valence-corrected chi connectivity index (χ4v) is 3.41. The van der Waals surface area contributed by atoms with Gasteiger partial charge in [0, 0.05) is 31.1 Å². The van der Waals surface area contributed by atoms with Crippen molar-refractivity contribution in [3.63, 3.8) is 0 Å². The van der Waals surface area contributed by atoms with Gasteiger partial charge in [-0.25, -0.2) is 4.39 Å². The van der Waals surface area contributed by atoms with E-state index in [1.807, 2.05) is 4.90 Å². The van der Waals surface area contributed by atoms with E-state index in [0.717, 1.165) is 32.4 Å². The Morgan fingerprint density at radius 3 is 2.82 bits per heavy atom. The molecule has 2 amide bonds. The second-order valence-electron chi connectivity index (χ2n) is 5.97. The summed E-state index contributed by atoms with van der Waals surface area (Å²) in [5, 5.41) is 5.78. The van der Waals surface area contributed by atoms with Crippen molar-refractivity contribution in [3.8, 4) is 0 Å². The first-order chi connectivity index (χ1) is 10.6. The Labute approximate surface area is 128 Å². The molecular weight excluding hydrogens is 285 g/mol. The van der Waals surface area contributed by atoms with Gasteiger partial charge in [0.05, 0.1) is 5.69 Å². The highest BCUT2D eigenvalue weighted by atomic mass is 19.1. The van der Waals surface area contributed by atoms with Crippen LogP contribution in [0.25, 0.3) is 0 Å². The van der Waals surface area contributed by atoms with Crippen molar-refractivity contribution in [2.24, 2.45) is 0 Å². The number of rotatable bonds is 2. The molecule has 6 heteroatoms. The van der Waals surface area contributed by atoms with Crippen LogP contribution in [0.5, 0.6) is 0 Å². The standard InChI is InChI=1S/C16H20FN3O2/c1-10(21)19-15-8-11(2-5-14(15)17)16(22)20-12-3-4-13(20)9-18-7-6-12/h2,5,8,12-13,18H,3-4,6-7,9H2,1H3,(H,19,21). The van der Waals surface area contributed by atoms with Crippen LogP contribution in [0.2, 0.25) is 0 Å². The van der Waals surface area contributed by atoms with Gasteiger partial charge >= 0.3 is 0 Å². The summed E-state index contributed by atoms with van der Waals surface area (Å²) >= 11 is 0. The zero-order valence-electron chi connectivity index (χ0n) is 12.6. The quantitative estimate of drug-likeness (QED) is 0.875. The molecule has 118 valence electrons. The zero-order valence-corrected chi connectivity index (χ0v) is 12.6. The molecule has 2 heterocycles. The molecule has 2 aliphatic heterocycles. The molecule has 22 heavy (non-hydrogen) atoms. The Morgan fingerprint density at radius 1 is 1.27 bits per heavy atom. The number of nitrogens with one attached hydrogen (secondary N) is 2. The zero-order chi connectivity index (χ0) is 15.7. The Kier molecular flexibility index (Phi) is 4.11. The van der Waals surface area contributed by atoms with Crippen molar-refractivity contribution in [1.82, 2.24) is 10.2 Å². The molecule has 2 bridgehead atoms. The van der Waals surface area contributed by atoms with E-state index in [2.05, 4.69) is 10.6 Å². The molecule has 0 aromatic heterocycles. The largest absolute Gasteiger partial charge is 0.331 e. The molecule has 2 aliphatic rings. The van der Waals surface area contributed by atoms with E-state index in [1.54, 1.807) is 0 Å². The Hall–Kier alpha value is -1.95. The van der Waals surface area contributed by atoms with Gasteiger partial charge in [-0.15, -0.1) is 0 Å². The van der Waals surface area contributed by atoms with Gasteiger partial charge in [0.15, 0.2) is 0 Å². The van der Waals surface area contributed by atoms with E-state index in [1.165, 1.54) is 25.1 Å². The lowest BCUT2D eigenvalue weighted by Gasteiger charge is -2.28. The summed E-state index contributed by atoms with van der Waals surface area (Å²) in [6.45, 7) is 3.04. The summed E-state index contributed by atoms with van der Waals surface area (Å²) in [6.07, 6.45) is 2.98. The number of benzene rings is 1. The average Bonchev–Trinajstić information content (AvgIpc) is 2.73. The monoisotopic (exact) mass is 305 g/mol. The van der Waals surface area contributed by atoms with Crippen LogP contribution in [0, 0.1) is 5.82 Å². The molecule has 0 spiro atoms. The average molecular weight is 305 g/mol.